The van der Waals surface area contributed by atoms with Crippen molar-refractivity contribution in [2.75, 3.05) is 7.11 Å². The second kappa shape index (κ2) is 4.01. The molecule has 0 saturated carbocycles. The molecule has 17 heavy (non-hydrogen) atoms. The molecule has 2 aromatic rings. The Morgan fingerprint density at radius 1 is 1.06 bits per heavy atom. The van der Waals surface area contributed by atoms with Gasteiger partial charge in [-0.25, -0.2) is 0 Å². The van der Waals surface area contributed by atoms with Crippen molar-refractivity contribution < 1.29 is 4.74 Å². The largest absolute Gasteiger partial charge is 0.380 e. The van der Waals surface area contributed by atoms with Gasteiger partial charge in [-0.1, -0.05) is 36.4 Å². The Kier molecular flexibility index (Phi) is 2.49. The lowest BCUT2D eigenvalue weighted by atomic mass is 9.97. The van der Waals surface area contributed by atoms with Gasteiger partial charge in [0.05, 0.1) is 6.61 Å². The summed E-state index contributed by atoms with van der Waals surface area (Å²) in [5.41, 5.74) is 8.36. The zero-order valence-corrected chi connectivity index (χ0v) is 10.3. The Morgan fingerprint density at radius 3 is 2.71 bits per heavy atom. The van der Waals surface area contributed by atoms with Gasteiger partial charge in [-0.05, 0) is 46.7 Å². The summed E-state index contributed by atoms with van der Waals surface area (Å²) < 4.78 is 5.33. The lowest BCUT2D eigenvalue weighted by Crippen LogP contribution is -1.98. The molecule has 86 valence electrons. The Labute approximate surface area is 102 Å². The summed E-state index contributed by atoms with van der Waals surface area (Å²) in [5, 5.41) is 0. The third-order valence-corrected chi connectivity index (χ3v) is 3.63. The predicted octanol–water partition coefficient (Wildman–Crippen LogP) is 3.71. The van der Waals surface area contributed by atoms with Crippen molar-refractivity contribution in [2.45, 2.75) is 20.0 Å². The number of rotatable bonds is 2. The molecule has 1 aliphatic rings. The van der Waals surface area contributed by atoms with Crippen LogP contribution in [-0.2, 0) is 17.8 Å². The van der Waals surface area contributed by atoms with E-state index >= 15 is 0 Å². The van der Waals surface area contributed by atoms with E-state index in [2.05, 4.69) is 43.3 Å². The van der Waals surface area contributed by atoms with Crippen molar-refractivity contribution in [3.63, 3.8) is 0 Å². The molecule has 1 heteroatoms. The highest BCUT2D eigenvalue weighted by atomic mass is 16.5. The number of ether oxygens (including phenoxy) is 1. The summed E-state index contributed by atoms with van der Waals surface area (Å²) in [6.07, 6.45) is 1.05. The summed E-state index contributed by atoms with van der Waals surface area (Å²) in [6.45, 7) is 2.88. The van der Waals surface area contributed by atoms with Crippen LogP contribution in [0.15, 0.2) is 36.4 Å². The smallest absolute Gasteiger partial charge is 0.0718 e. The van der Waals surface area contributed by atoms with E-state index in [-0.39, 0.29) is 0 Å². The van der Waals surface area contributed by atoms with Gasteiger partial charge in [0.1, 0.15) is 0 Å². The number of hydrogen-bond acceptors (Lipinski definition) is 1. The third-order valence-electron chi connectivity index (χ3n) is 3.63. The van der Waals surface area contributed by atoms with Gasteiger partial charge in [0.2, 0.25) is 0 Å². The second-order valence-corrected chi connectivity index (χ2v) is 4.65. The first-order chi connectivity index (χ1) is 8.31. The maximum Gasteiger partial charge on any atom is 0.0718 e. The molecule has 0 saturated heterocycles. The SMILES string of the molecule is COCc1c(C)ccc2c1Cc1ccccc1-2. The van der Waals surface area contributed by atoms with Crippen LogP contribution in [0.3, 0.4) is 0 Å². The summed E-state index contributed by atoms with van der Waals surface area (Å²) in [6, 6.07) is 13.1. The zero-order valence-electron chi connectivity index (χ0n) is 10.3. The Balaban J connectivity index is 2.20. The van der Waals surface area contributed by atoms with Crippen LogP contribution < -0.4 is 0 Å². The van der Waals surface area contributed by atoms with E-state index in [1.165, 1.54) is 33.4 Å². The molecule has 0 amide bonds. The van der Waals surface area contributed by atoms with Crippen molar-refractivity contribution in [1.82, 2.24) is 0 Å². The van der Waals surface area contributed by atoms with Crippen molar-refractivity contribution in [3.8, 4) is 11.1 Å². The topological polar surface area (TPSA) is 9.23 Å². The highest BCUT2D eigenvalue weighted by molar-refractivity contribution is 5.78. The first-order valence-electron chi connectivity index (χ1n) is 6.00. The van der Waals surface area contributed by atoms with E-state index in [0.717, 1.165) is 6.42 Å². The van der Waals surface area contributed by atoms with Gasteiger partial charge in [0, 0.05) is 7.11 Å². The normalized spacial score (nSPS) is 12.4. The van der Waals surface area contributed by atoms with Gasteiger partial charge in [0.15, 0.2) is 0 Å². The third kappa shape index (κ3) is 1.58. The summed E-state index contributed by atoms with van der Waals surface area (Å²) in [7, 11) is 1.76. The van der Waals surface area contributed by atoms with Crippen LogP contribution in [0, 0.1) is 6.92 Å². The number of hydrogen-bond donors (Lipinski definition) is 0. The molecule has 1 aliphatic carbocycles. The van der Waals surface area contributed by atoms with Crippen molar-refractivity contribution >= 4 is 0 Å². The molecule has 0 unspecified atom stereocenters. The maximum atomic E-state index is 5.33. The van der Waals surface area contributed by atoms with Gasteiger partial charge in [0.25, 0.3) is 0 Å². The molecule has 2 aromatic carbocycles. The molecule has 0 heterocycles. The summed E-state index contributed by atoms with van der Waals surface area (Å²) >= 11 is 0. The maximum absolute atomic E-state index is 5.33. The molecule has 0 fully saturated rings. The van der Waals surface area contributed by atoms with Crippen molar-refractivity contribution in [3.05, 3.63) is 58.7 Å². The number of methoxy groups -OCH3 is 1. The van der Waals surface area contributed by atoms with E-state index in [0.29, 0.717) is 6.61 Å². The molecule has 0 bridgehead atoms. The van der Waals surface area contributed by atoms with Crippen LogP contribution in [0.1, 0.15) is 22.3 Å². The second-order valence-electron chi connectivity index (χ2n) is 4.65. The predicted molar refractivity (Wildman–Crippen MR) is 70.1 cm³/mol. The number of fused-ring (bicyclic) bond motifs is 3. The van der Waals surface area contributed by atoms with E-state index < -0.39 is 0 Å². The standard InChI is InChI=1S/C16H16O/c1-11-7-8-14-13-6-4-3-5-12(13)9-15(14)16(11)10-17-2/h3-8H,9-10H2,1-2H3. The van der Waals surface area contributed by atoms with Crippen LogP contribution in [0.5, 0.6) is 0 Å². The minimum atomic E-state index is 0.711. The fourth-order valence-corrected chi connectivity index (χ4v) is 2.74. The van der Waals surface area contributed by atoms with Crippen LogP contribution in [0.2, 0.25) is 0 Å². The van der Waals surface area contributed by atoms with Gasteiger partial charge in [-0.2, -0.15) is 0 Å². The molecule has 3 rings (SSSR count). The van der Waals surface area contributed by atoms with E-state index in [1.54, 1.807) is 7.11 Å². The molecule has 0 spiro atoms. The van der Waals surface area contributed by atoms with Gasteiger partial charge in [-0.3, -0.25) is 0 Å². The fraction of sp³-hybridized carbons (Fsp3) is 0.250. The van der Waals surface area contributed by atoms with E-state index in [1.807, 2.05) is 0 Å². The fourth-order valence-electron chi connectivity index (χ4n) is 2.74. The number of benzene rings is 2. The molecule has 0 N–H and O–H groups in total. The molecular weight excluding hydrogens is 208 g/mol. The van der Waals surface area contributed by atoms with E-state index in [4.69, 9.17) is 4.74 Å². The Bertz CT molecular complexity index is 570. The average Bonchev–Trinajstić information content (AvgIpc) is 2.72. The minimum Gasteiger partial charge on any atom is -0.380 e. The quantitative estimate of drug-likeness (QED) is 0.644. The average molecular weight is 224 g/mol. The van der Waals surface area contributed by atoms with Crippen molar-refractivity contribution in [2.24, 2.45) is 0 Å². The lowest BCUT2D eigenvalue weighted by molar-refractivity contribution is 0.184. The van der Waals surface area contributed by atoms with Crippen LogP contribution in [0.4, 0.5) is 0 Å². The van der Waals surface area contributed by atoms with Crippen LogP contribution >= 0.6 is 0 Å². The highest BCUT2D eigenvalue weighted by Gasteiger charge is 2.21. The zero-order chi connectivity index (χ0) is 11.8. The molecule has 0 aliphatic heterocycles. The van der Waals surface area contributed by atoms with Gasteiger partial charge < -0.3 is 4.74 Å². The van der Waals surface area contributed by atoms with Gasteiger partial charge >= 0.3 is 0 Å². The Morgan fingerprint density at radius 2 is 1.88 bits per heavy atom. The molecule has 0 radical (unpaired) electrons. The molecular formula is C16H16O. The lowest BCUT2D eigenvalue weighted by Gasteiger charge is -2.11. The van der Waals surface area contributed by atoms with Gasteiger partial charge in [-0.15, -0.1) is 0 Å². The van der Waals surface area contributed by atoms with Crippen molar-refractivity contribution in [1.29, 1.82) is 0 Å². The summed E-state index contributed by atoms with van der Waals surface area (Å²) in [5.74, 6) is 0. The van der Waals surface area contributed by atoms with Crippen LogP contribution in [0.25, 0.3) is 11.1 Å². The highest BCUT2D eigenvalue weighted by Crippen LogP contribution is 2.39. The molecule has 0 aromatic heterocycles. The first kappa shape index (κ1) is 10.5. The molecule has 0 atom stereocenters. The molecule has 1 nitrogen and oxygen atoms in total. The van der Waals surface area contributed by atoms with E-state index in [9.17, 15) is 0 Å². The monoisotopic (exact) mass is 224 g/mol. The first-order valence-corrected chi connectivity index (χ1v) is 6.00. The minimum absolute atomic E-state index is 0.711. The van der Waals surface area contributed by atoms with Crippen LogP contribution in [-0.4, -0.2) is 7.11 Å². The Hall–Kier alpha value is -1.60. The summed E-state index contributed by atoms with van der Waals surface area (Å²) in [4.78, 5) is 0. The number of aryl methyl sites for hydroxylation is 1.